The van der Waals surface area contributed by atoms with Gasteiger partial charge in [-0.3, -0.25) is 14.4 Å². The maximum absolute atomic E-state index is 12.8. The SMILES string of the molecule is O=C1C(=O)c2c(C(=O)c3ccc4c(c3)CCO4)coc2C(Cl)=C1Cl. The zero-order valence-corrected chi connectivity index (χ0v) is 13.5. The van der Waals surface area contributed by atoms with Gasteiger partial charge < -0.3 is 9.15 Å². The molecule has 1 aromatic carbocycles. The van der Waals surface area contributed by atoms with Gasteiger partial charge in [-0.2, -0.15) is 0 Å². The minimum absolute atomic E-state index is 0.00969. The summed E-state index contributed by atoms with van der Waals surface area (Å²) in [6.45, 7) is 0.569. The van der Waals surface area contributed by atoms with Gasteiger partial charge in [0.25, 0.3) is 0 Å². The molecule has 0 saturated carbocycles. The number of allylic oxidation sites excluding steroid dienone is 1. The first-order valence-electron chi connectivity index (χ1n) is 7.05. The molecule has 1 aliphatic carbocycles. The molecule has 4 rings (SSSR count). The van der Waals surface area contributed by atoms with Gasteiger partial charge in [0.1, 0.15) is 22.1 Å². The molecule has 2 aliphatic rings. The van der Waals surface area contributed by atoms with Crippen molar-refractivity contribution in [2.75, 3.05) is 6.61 Å². The van der Waals surface area contributed by atoms with Crippen molar-refractivity contribution in [2.24, 2.45) is 0 Å². The van der Waals surface area contributed by atoms with Crippen LogP contribution in [0.15, 0.2) is 33.9 Å². The number of rotatable bonds is 2. The Morgan fingerprint density at radius 3 is 2.67 bits per heavy atom. The van der Waals surface area contributed by atoms with Crippen LogP contribution in [-0.2, 0) is 11.2 Å². The van der Waals surface area contributed by atoms with E-state index < -0.39 is 22.4 Å². The number of fused-ring (bicyclic) bond motifs is 2. The van der Waals surface area contributed by atoms with Gasteiger partial charge in [0.05, 0.1) is 17.7 Å². The Balaban J connectivity index is 1.82. The lowest BCUT2D eigenvalue weighted by Crippen LogP contribution is -2.22. The Morgan fingerprint density at radius 1 is 1.08 bits per heavy atom. The van der Waals surface area contributed by atoms with Crippen molar-refractivity contribution in [1.82, 2.24) is 0 Å². The third-order valence-corrected chi connectivity index (χ3v) is 4.83. The highest BCUT2D eigenvalue weighted by molar-refractivity contribution is 6.71. The van der Waals surface area contributed by atoms with Crippen LogP contribution < -0.4 is 4.74 Å². The fourth-order valence-corrected chi connectivity index (χ4v) is 3.20. The first-order valence-corrected chi connectivity index (χ1v) is 7.81. The number of carbonyl (C=O) groups excluding carboxylic acids is 3. The lowest BCUT2D eigenvalue weighted by Gasteiger charge is -2.10. The second-order valence-corrected chi connectivity index (χ2v) is 6.15. The largest absolute Gasteiger partial charge is 0.493 e. The topological polar surface area (TPSA) is 73.6 Å². The van der Waals surface area contributed by atoms with Crippen LogP contribution in [0.4, 0.5) is 0 Å². The van der Waals surface area contributed by atoms with Crippen LogP contribution in [0, 0.1) is 0 Å². The van der Waals surface area contributed by atoms with E-state index in [9.17, 15) is 14.4 Å². The molecule has 2 heterocycles. The van der Waals surface area contributed by atoms with E-state index in [2.05, 4.69) is 0 Å². The number of Topliss-reactive ketones (excluding diaryl/α,β-unsaturated/α-hetero) is 2. The highest BCUT2D eigenvalue weighted by Crippen LogP contribution is 2.38. The predicted molar refractivity (Wildman–Crippen MR) is 85.7 cm³/mol. The number of ketones is 3. The highest BCUT2D eigenvalue weighted by atomic mass is 35.5. The smallest absolute Gasteiger partial charge is 0.246 e. The van der Waals surface area contributed by atoms with Gasteiger partial charge in [-0.05, 0) is 23.8 Å². The highest BCUT2D eigenvalue weighted by Gasteiger charge is 2.38. The molecule has 5 nitrogen and oxygen atoms in total. The molecule has 0 bridgehead atoms. The van der Waals surface area contributed by atoms with Gasteiger partial charge in [0.15, 0.2) is 11.5 Å². The van der Waals surface area contributed by atoms with Crippen molar-refractivity contribution in [1.29, 1.82) is 0 Å². The van der Waals surface area contributed by atoms with E-state index in [0.717, 1.165) is 17.6 Å². The Hall–Kier alpha value is -2.37. The van der Waals surface area contributed by atoms with Crippen molar-refractivity contribution in [3.8, 4) is 5.75 Å². The quantitative estimate of drug-likeness (QED) is 0.604. The second kappa shape index (κ2) is 5.33. The third kappa shape index (κ3) is 2.05. The van der Waals surface area contributed by atoms with E-state index >= 15 is 0 Å². The van der Waals surface area contributed by atoms with Gasteiger partial charge in [-0.15, -0.1) is 0 Å². The summed E-state index contributed by atoms with van der Waals surface area (Å²) in [5.41, 5.74) is 1.14. The molecule has 1 aromatic heterocycles. The molecular formula is C17H8Cl2O5. The summed E-state index contributed by atoms with van der Waals surface area (Å²) in [4.78, 5) is 36.8. The third-order valence-electron chi connectivity index (χ3n) is 4.01. The first kappa shape index (κ1) is 15.2. The Labute approximate surface area is 145 Å². The van der Waals surface area contributed by atoms with Gasteiger partial charge >= 0.3 is 0 Å². The van der Waals surface area contributed by atoms with Crippen molar-refractivity contribution < 1.29 is 23.5 Å². The lowest BCUT2D eigenvalue weighted by atomic mass is 9.93. The average molecular weight is 363 g/mol. The van der Waals surface area contributed by atoms with Crippen LogP contribution >= 0.6 is 23.2 Å². The summed E-state index contributed by atoms with van der Waals surface area (Å²) in [6, 6.07) is 5.02. The number of hydrogen-bond donors (Lipinski definition) is 0. The molecular weight excluding hydrogens is 355 g/mol. The normalized spacial score (nSPS) is 16.1. The van der Waals surface area contributed by atoms with Crippen LogP contribution in [0.1, 0.15) is 37.6 Å². The fourth-order valence-electron chi connectivity index (χ4n) is 2.81. The van der Waals surface area contributed by atoms with Gasteiger partial charge in [-0.25, -0.2) is 0 Å². The van der Waals surface area contributed by atoms with E-state index in [1.807, 2.05) is 0 Å². The summed E-state index contributed by atoms with van der Waals surface area (Å²) in [7, 11) is 0. The molecule has 0 fully saturated rings. The van der Waals surface area contributed by atoms with E-state index in [-0.39, 0.29) is 21.9 Å². The summed E-state index contributed by atoms with van der Waals surface area (Å²) in [5.74, 6) is -1.60. The minimum Gasteiger partial charge on any atom is -0.493 e. The molecule has 0 N–H and O–H groups in total. The minimum atomic E-state index is -0.952. The van der Waals surface area contributed by atoms with Gasteiger partial charge in [0.2, 0.25) is 11.6 Å². The summed E-state index contributed by atoms with van der Waals surface area (Å²) < 4.78 is 10.6. The second-order valence-electron chi connectivity index (χ2n) is 5.39. The summed E-state index contributed by atoms with van der Waals surface area (Å²) >= 11 is 11.7. The fraction of sp³-hybridized carbons (Fsp3) is 0.118. The molecule has 24 heavy (non-hydrogen) atoms. The number of carbonyl (C=O) groups is 3. The number of benzene rings is 1. The van der Waals surface area contributed by atoms with Crippen molar-refractivity contribution in [3.05, 3.63) is 57.5 Å². The van der Waals surface area contributed by atoms with E-state index in [1.54, 1.807) is 18.2 Å². The zero-order valence-electron chi connectivity index (χ0n) is 12.0. The lowest BCUT2D eigenvalue weighted by molar-refractivity contribution is -0.111. The Kier molecular flexibility index (Phi) is 3.37. The Bertz CT molecular complexity index is 967. The zero-order chi connectivity index (χ0) is 17.0. The number of halogens is 2. The number of ether oxygens (including phenoxy) is 1. The monoisotopic (exact) mass is 362 g/mol. The number of hydrogen-bond acceptors (Lipinski definition) is 5. The molecule has 0 unspecified atom stereocenters. The van der Waals surface area contributed by atoms with E-state index in [1.165, 1.54) is 0 Å². The molecule has 7 heteroatoms. The predicted octanol–water partition coefficient (Wildman–Crippen LogP) is 3.36. The van der Waals surface area contributed by atoms with Crippen molar-refractivity contribution in [3.63, 3.8) is 0 Å². The van der Waals surface area contributed by atoms with Crippen LogP contribution in [0.3, 0.4) is 0 Å². The molecule has 2 aromatic rings. The maximum atomic E-state index is 12.8. The van der Waals surface area contributed by atoms with Crippen molar-refractivity contribution >= 4 is 45.6 Å². The molecule has 120 valence electrons. The standard InChI is InChI=1S/C17H8Cl2O5/c18-12-13(19)17-11(15(21)16(12)22)9(6-24-17)14(20)8-1-2-10-7(5-8)3-4-23-10/h1-2,5-6H,3-4H2. The molecule has 0 spiro atoms. The first-order chi connectivity index (χ1) is 11.5. The van der Waals surface area contributed by atoms with E-state index in [0.29, 0.717) is 18.6 Å². The summed E-state index contributed by atoms with van der Waals surface area (Å²) in [5, 5.41) is -0.574. The molecule has 0 saturated heterocycles. The Morgan fingerprint density at radius 2 is 1.88 bits per heavy atom. The van der Waals surface area contributed by atoms with Crippen LogP contribution in [-0.4, -0.2) is 24.0 Å². The molecule has 0 atom stereocenters. The molecule has 0 amide bonds. The molecule has 1 aliphatic heterocycles. The average Bonchev–Trinajstić information content (AvgIpc) is 3.23. The summed E-state index contributed by atoms with van der Waals surface area (Å²) in [6.07, 6.45) is 1.83. The molecule has 0 radical (unpaired) electrons. The van der Waals surface area contributed by atoms with Crippen molar-refractivity contribution in [2.45, 2.75) is 6.42 Å². The van der Waals surface area contributed by atoms with Crippen LogP contribution in [0.5, 0.6) is 5.75 Å². The van der Waals surface area contributed by atoms with Gasteiger partial charge in [0, 0.05) is 12.0 Å². The van der Waals surface area contributed by atoms with Gasteiger partial charge in [-0.1, -0.05) is 23.2 Å². The maximum Gasteiger partial charge on any atom is 0.246 e. The number of furan rings is 1. The van der Waals surface area contributed by atoms with Crippen LogP contribution in [0.2, 0.25) is 0 Å². The van der Waals surface area contributed by atoms with Crippen LogP contribution in [0.25, 0.3) is 5.03 Å². The van der Waals surface area contributed by atoms with E-state index in [4.69, 9.17) is 32.4 Å².